The number of rotatable bonds is 6. The Bertz CT molecular complexity index is 905. The van der Waals surface area contributed by atoms with E-state index >= 15 is 0 Å². The fourth-order valence-electron chi connectivity index (χ4n) is 3.83. The predicted octanol–water partition coefficient (Wildman–Crippen LogP) is 3.33. The molecule has 1 atom stereocenters. The number of carbonyl (C=O) groups is 3. The molecule has 3 rings (SSSR count). The molecule has 1 aromatic heterocycles. The lowest BCUT2D eigenvalue weighted by Gasteiger charge is -2.35. The van der Waals surface area contributed by atoms with Crippen LogP contribution in [-0.2, 0) is 21.4 Å². The SMILES string of the molecule is CCOC(=O)c1c(NC(C)=O)sc2c1CCC(CCO)(c1ccccc1)C2=O. The molecular weight excluding hydrogens is 378 g/mol. The molecule has 2 N–H and O–H groups in total. The van der Waals surface area contributed by atoms with Crippen LogP contribution in [0.2, 0.25) is 0 Å². The first-order chi connectivity index (χ1) is 13.4. The van der Waals surface area contributed by atoms with Gasteiger partial charge >= 0.3 is 5.97 Å². The number of esters is 1. The van der Waals surface area contributed by atoms with E-state index in [1.807, 2.05) is 30.3 Å². The summed E-state index contributed by atoms with van der Waals surface area (Å²) in [5.41, 5.74) is 0.914. The third-order valence-electron chi connectivity index (χ3n) is 5.08. The second-order valence-electron chi connectivity index (χ2n) is 6.77. The predicted molar refractivity (Wildman–Crippen MR) is 107 cm³/mol. The van der Waals surface area contributed by atoms with Gasteiger partial charge in [0.05, 0.1) is 22.5 Å². The van der Waals surface area contributed by atoms with Gasteiger partial charge in [-0.1, -0.05) is 30.3 Å². The third kappa shape index (κ3) is 3.47. The van der Waals surface area contributed by atoms with Gasteiger partial charge in [-0.05, 0) is 37.3 Å². The van der Waals surface area contributed by atoms with Gasteiger partial charge in [0.25, 0.3) is 0 Å². The number of thiophene rings is 1. The summed E-state index contributed by atoms with van der Waals surface area (Å²) in [4.78, 5) is 38.2. The number of hydrogen-bond acceptors (Lipinski definition) is 6. The molecule has 6 nitrogen and oxygen atoms in total. The molecule has 1 heterocycles. The van der Waals surface area contributed by atoms with E-state index in [4.69, 9.17) is 4.74 Å². The number of anilines is 1. The smallest absolute Gasteiger partial charge is 0.341 e. The number of aliphatic hydroxyl groups excluding tert-OH is 1. The number of aliphatic hydroxyl groups is 1. The van der Waals surface area contributed by atoms with Crippen molar-refractivity contribution in [3.8, 4) is 0 Å². The number of Topliss-reactive ketones (excluding diaryl/α,β-unsaturated/α-hetero) is 1. The maximum absolute atomic E-state index is 13.6. The Kier molecular flexibility index (Phi) is 5.96. The Labute approximate surface area is 167 Å². The number of amides is 1. The Morgan fingerprint density at radius 2 is 2.00 bits per heavy atom. The zero-order valence-electron chi connectivity index (χ0n) is 15.9. The average Bonchev–Trinajstić information content (AvgIpc) is 3.03. The molecule has 0 saturated heterocycles. The zero-order chi connectivity index (χ0) is 20.3. The molecule has 1 aliphatic rings. The van der Waals surface area contributed by atoms with E-state index in [1.165, 1.54) is 6.92 Å². The lowest BCUT2D eigenvalue weighted by molar-refractivity contribution is -0.114. The fraction of sp³-hybridized carbons (Fsp3) is 0.381. The maximum Gasteiger partial charge on any atom is 0.341 e. The van der Waals surface area contributed by atoms with Crippen LogP contribution in [0.3, 0.4) is 0 Å². The molecule has 1 aromatic carbocycles. The van der Waals surface area contributed by atoms with Gasteiger partial charge in [0.2, 0.25) is 5.91 Å². The Balaban J connectivity index is 2.13. The minimum Gasteiger partial charge on any atom is -0.462 e. The minimum atomic E-state index is -0.840. The van der Waals surface area contributed by atoms with Gasteiger partial charge in [0.1, 0.15) is 5.00 Å². The first-order valence-electron chi connectivity index (χ1n) is 9.26. The van der Waals surface area contributed by atoms with Crippen molar-refractivity contribution in [3.05, 3.63) is 51.9 Å². The largest absolute Gasteiger partial charge is 0.462 e. The standard InChI is InChI=1S/C21H23NO5S/c1-3-27-20(26)16-15-9-10-21(11-12-23,14-7-5-4-6-8-14)18(25)17(15)28-19(16)22-13(2)24/h4-8,23H,3,9-12H2,1-2H3,(H,22,24). The van der Waals surface area contributed by atoms with E-state index in [9.17, 15) is 19.5 Å². The van der Waals surface area contributed by atoms with Crippen LogP contribution in [0.1, 0.15) is 57.8 Å². The molecule has 0 fully saturated rings. The molecule has 7 heteroatoms. The van der Waals surface area contributed by atoms with Crippen molar-refractivity contribution >= 4 is 34.0 Å². The molecular formula is C21H23NO5S. The summed E-state index contributed by atoms with van der Waals surface area (Å²) in [7, 11) is 0. The first-order valence-corrected chi connectivity index (χ1v) is 10.1. The Morgan fingerprint density at radius 1 is 1.29 bits per heavy atom. The minimum absolute atomic E-state index is 0.120. The molecule has 148 valence electrons. The highest BCUT2D eigenvalue weighted by Crippen LogP contribution is 2.47. The van der Waals surface area contributed by atoms with Crippen molar-refractivity contribution in [2.24, 2.45) is 0 Å². The molecule has 0 bridgehead atoms. The second-order valence-corrected chi connectivity index (χ2v) is 7.79. The summed E-state index contributed by atoms with van der Waals surface area (Å²) in [6.07, 6.45) is 1.27. The van der Waals surface area contributed by atoms with Gasteiger partial charge < -0.3 is 15.2 Å². The van der Waals surface area contributed by atoms with Crippen molar-refractivity contribution in [3.63, 3.8) is 0 Å². The highest BCUT2D eigenvalue weighted by Gasteiger charge is 2.46. The van der Waals surface area contributed by atoms with Crippen molar-refractivity contribution in [1.82, 2.24) is 0 Å². The molecule has 1 amide bonds. The number of nitrogens with one attached hydrogen (secondary N) is 1. The maximum atomic E-state index is 13.6. The van der Waals surface area contributed by atoms with Crippen LogP contribution in [0.25, 0.3) is 0 Å². The van der Waals surface area contributed by atoms with Crippen LogP contribution in [0.15, 0.2) is 30.3 Å². The van der Waals surface area contributed by atoms with Gasteiger partial charge in [-0.3, -0.25) is 9.59 Å². The van der Waals surface area contributed by atoms with E-state index in [0.717, 1.165) is 16.9 Å². The number of ketones is 1. The highest BCUT2D eigenvalue weighted by molar-refractivity contribution is 7.19. The molecule has 2 aromatic rings. The summed E-state index contributed by atoms with van der Waals surface area (Å²) < 4.78 is 5.16. The first kappa shape index (κ1) is 20.2. The van der Waals surface area contributed by atoms with Gasteiger partial charge in [-0.15, -0.1) is 11.3 Å². The summed E-state index contributed by atoms with van der Waals surface area (Å²) in [6, 6.07) is 9.42. The number of benzene rings is 1. The van der Waals surface area contributed by atoms with Crippen LogP contribution in [0.4, 0.5) is 5.00 Å². The van der Waals surface area contributed by atoms with E-state index in [0.29, 0.717) is 34.7 Å². The van der Waals surface area contributed by atoms with E-state index in [1.54, 1.807) is 6.92 Å². The van der Waals surface area contributed by atoms with E-state index in [2.05, 4.69) is 5.32 Å². The second kappa shape index (κ2) is 8.24. The van der Waals surface area contributed by atoms with Crippen molar-refractivity contribution in [2.75, 3.05) is 18.5 Å². The summed E-state index contributed by atoms with van der Waals surface area (Å²) >= 11 is 1.11. The van der Waals surface area contributed by atoms with Crippen molar-refractivity contribution in [2.45, 2.75) is 38.5 Å². The summed E-state index contributed by atoms with van der Waals surface area (Å²) in [6.45, 7) is 3.15. The van der Waals surface area contributed by atoms with Gasteiger partial charge in [-0.2, -0.15) is 0 Å². The van der Waals surface area contributed by atoms with Crippen LogP contribution in [0.5, 0.6) is 0 Å². The van der Waals surface area contributed by atoms with Crippen LogP contribution >= 0.6 is 11.3 Å². The molecule has 28 heavy (non-hydrogen) atoms. The number of ether oxygens (including phenoxy) is 1. The fourth-order valence-corrected chi connectivity index (χ4v) is 5.15. The number of hydrogen-bond donors (Lipinski definition) is 2. The van der Waals surface area contributed by atoms with Gasteiger partial charge in [-0.25, -0.2) is 4.79 Å². The number of carbonyl (C=O) groups excluding carboxylic acids is 3. The molecule has 0 aliphatic heterocycles. The van der Waals surface area contributed by atoms with Crippen molar-refractivity contribution < 1.29 is 24.2 Å². The topological polar surface area (TPSA) is 92.7 Å². The molecule has 0 radical (unpaired) electrons. The summed E-state index contributed by atoms with van der Waals surface area (Å²) in [5, 5.41) is 12.7. The summed E-state index contributed by atoms with van der Waals surface area (Å²) in [5.74, 6) is -0.978. The molecule has 0 spiro atoms. The number of fused-ring (bicyclic) bond motifs is 1. The molecule has 1 aliphatic carbocycles. The van der Waals surface area contributed by atoms with Crippen molar-refractivity contribution in [1.29, 1.82) is 0 Å². The van der Waals surface area contributed by atoms with Gasteiger partial charge in [0, 0.05) is 13.5 Å². The quantitative estimate of drug-likeness (QED) is 0.725. The van der Waals surface area contributed by atoms with E-state index < -0.39 is 11.4 Å². The average molecular weight is 401 g/mol. The molecule has 0 saturated carbocycles. The monoisotopic (exact) mass is 401 g/mol. The van der Waals surface area contributed by atoms with Gasteiger partial charge in [0.15, 0.2) is 5.78 Å². The Morgan fingerprint density at radius 3 is 2.61 bits per heavy atom. The lowest BCUT2D eigenvalue weighted by atomic mass is 9.66. The zero-order valence-corrected chi connectivity index (χ0v) is 16.7. The highest BCUT2D eigenvalue weighted by atomic mass is 32.1. The van der Waals surface area contributed by atoms with E-state index in [-0.39, 0.29) is 30.5 Å². The molecule has 1 unspecified atom stereocenters. The van der Waals surface area contributed by atoms with Crippen LogP contribution in [0, 0.1) is 0 Å². The normalized spacial score (nSPS) is 18.5. The van der Waals surface area contributed by atoms with Crippen LogP contribution < -0.4 is 5.32 Å². The van der Waals surface area contributed by atoms with Crippen LogP contribution in [-0.4, -0.2) is 36.0 Å². The Hall–Kier alpha value is -2.51. The third-order valence-corrected chi connectivity index (χ3v) is 6.23. The lowest BCUT2D eigenvalue weighted by Crippen LogP contribution is -2.40.